The van der Waals surface area contributed by atoms with Crippen molar-refractivity contribution in [2.75, 3.05) is 44.3 Å². The van der Waals surface area contributed by atoms with E-state index in [-0.39, 0.29) is 0 Å². The quantitative estimate of drug-likeness (QED) is 0.858. The van der Waals surface area contributed by atoms with Gasteiger partial charge in [0.15, 0.2) is 0 Å². The first-order valence-corrected chi connectivity index (χ1v) is 9.81. The average Bonchev–Trinajstić information content (AvgIpc) is 3.09. The first kappa shape index (κ1) is 18.4. The van der Waals surface area contributed by atoms with Crippen molar-refractivity contribution in [2.24, 2.45) is 0 Å². The summed E-state index contributed by atoms with van der Waals surface area (Å²) in [6.07, 6.45) is 7.29. The number of ether oxygens (including phenoxy) is 1. The number of hydrogen-bond acceptors (Lipinski definition) is 6. The van der Waals surface area contributed by atoms with Gasteiger partial charge in [-0.3, -0.25) is 4.90 Å². The highest BCUT2D eigenvalue weighted by Crippen LogP contribution is 2.26. The summed E-state index contributed by atoms with van der Waals surface area (Å²) in [5, 5.41) is 10.9. The Bertz CT molecular complexity index is 731. The molecule has 7 heteroatoms. The summed E-state index contributed by atoms with van der Waals surface area (Å²) < 4.78 is 7.45. The summed E-state index contributed by atoms with van der Waals surface area (Å²) in [6.45, 7) is 8.66. The summed E-state index contributed by atoms with van der Waals surface area (Å²) in [5.41, 5.74) is 0.586. The first-order valence-electron chi connectivity index (χ1n) is 9.81. The Balaban J connectivity index is 1.29. The second kappa shape index (κ2) is 7.96. The van der Waals surface area contributed by atoms with Gasteiger partial charge < -0.3 is 19.3 Å². The summed E-state index contributed by atoms with van der Waals surface area (Å²) in [7, 11) is 0. The van der Waals surface area contributed by atoms with E-state index in [0.29, 0.717) is 6.54 Å². The van der Waals surface area contributed by atoms with Crippen molar-refractivity contribution in [3.8, 4) is 0 Å². The van der Waals surface area contributed by atoms with Crippen molar-refractivity contribution >= 4 is 5.82 Å². The number of aromatic nitrogens is 3. The molecule has 27 heavy (non-hydrogen) atoms. The molecule has 2 aliphatic rings. The summed E-state index contributed by atoms with van der Waals surface area (Å²) in [4.78, 5) is 13.6. The van der Waals surface area contributed by atoms with Gasteiger partial charge in [0.1, 0.15) is 11.6 Å². The number of pyridine rings is 1. The highest BCUT2D eigenvalue weighted by atomic mass is 16.5. The number of aryl methyl sites for hydroxylation is 1. The van der Waals surface area contributed by atoms with Crippen molar-refractivity contribution in [3.63, 3.8) is 0 Å². The van der Waals surface area contributed by atoms with Gasteiger partial charge in [-0.25, -0.2) is 9.97 Å². The van der Waals surface area contributed by atoms with Crippen molar-refractivity contribution in [3.05, 3.63) is 42.1 Å². The van der Waals surface area contributed by atoms with E-state index in [2.05, 4.69) is 31.9 Å². The zero-order chi connectivity index (χ0) is 18.7. The molecule has 7 nitrogen and oxygen atoms in total. The Kier molecular flexibility index (Phi) is 5.43. The van der Waals surface area contributed by atoms with Crippen LogP contribution < -0.4 is 4.90 Å². The van der Waals surface area contributed by atoms with Crippen molar-refractivity contribution in [1.82, 2.24) is 19.4 Å². The highest BCUT2D eigenvalue weighted by molar-refractivity contribution is 5.39. The van der Waals surface area contributed by atoms with Crippen LogP contribution in [0.25, 0.3) is 0 Å². The van der Waals surface area contributed by atoms with E-state index < -0.39 is 5.60 Å². The number of hydrogen-bond donors (Lipinski definition) is 1. The third-order valence-electron chi connectivity index (χ3n) is 5.73. The van der Waals surface area contributed by atoms with Gasteiger partial charge in [-0.1, -0.05) is 6.07 Å². The number of aliphatic hydroxyl groups is 1. The molecule has 2 fully saturated rings. The third kappa shape index (κ3) is 4.48. The van der Waals surface area contributed by atoms with Gasteiger partial charge in [-0.2, -0.15) is 0 Å². The average molecular weight is 371 g/mol. The van der Waals surface area contributed by atoms with Crippen LogP contribution in [0.1, 0.15) is 24.2 Å². The summed E-state index contributed by atoms with van der Waals surface area (Å²) in [5.74, 6) is 1.99. The molecule has 0 saturated carbocycles. The Hall–Kier alpha value is -1.96. The predicted octanol–water partition coefficient (Wildman–Crippen LogP) is 1.45. The maximum absolute atomic E-state index is 10.9. The molecule has 0 bridgehead atoms. The second-order valence-electron chi connectivity index (χ2n) is 7.73. The molecule has 2 saturated heterocycles. The van der Waals surface area contributed by atoms with Crippen LogP contribution in [-0.2, 0) is 17.8 Å². The van der Waals surface area contributed by atoms with E-state index in [4.69, 9.17) is 4.74 Å². The molecule has 0 aliphatic carbocycles. The van der Waals surface area contributed by atoms with Gasteiger partial charge >= 0.3 is 0 Å². The fraction of sp³-hybridized carbons (Fsp3) is 0.600. The molecule has 0 atom stereocenters. The summed E-state index contributed by atoms with van der Waals surface area (Å²) >= 11 is 0. The number of piperidine rings is 1. The van der Waals surface area contributed by atoms with Crippen LogP contribution in [-0.4, -0.2) is 69.5 Å². The first-order chi connectivity index (χ1) is 13.1. The SMILES string of the molecule is Cc1nccn1CC1(O)CCN(Cc2ccc(N3CCOCC3)nc2)CC1. The molecule has 2 aromatic rings. The lowest BCUT2D eigenvalue weighted by molar-refractivity contribution is -0.0361. The maximum Gasteiger partial charge on any atom is 0.128 e. The number of morpholine rings is 1. The Labute approximate surface area is 160 Å². The van der Waals surface area contributed by atoms with Gasteiger partial charge in [0.2, 0.25) is 0 Å². The van der Waals surface area contributed by atoms with Crippen LogP contribution >= 0.6 is 0 Å². The molecular weight excluding hydrogens is 342 g/mol. The van der Waals surface area contributed by atoms with E-state index in [1.54, 1.807) is 6.20 Å². The fourth-order valence-electron chi connectivity index (χ4n) is 3.92. The molecule has 146 valence electrons. The third-order valence-corrected chi connectivity index (χ3v) is 5.73. The molecule has 0 amide bonds. The van der Waals surface area contributed by atoms with Crippen molar-refractivity contribution < 1.29 is 9.84 Å². The van der Waals surface area contributed by atoms with E-state index in [0.717, 1.165) is 70.4 Å². The van der Waals surface area contributed by atoms with Crippen LogP contribution in [0.5, 0.6) is 0 Å². The van der Waals surface area contributed by atoms with Crippen LogP contribution in [0.4, 0.5) is 5.82 Å². The molecule has 2 aliphatic heterocycles. The van der Waals surface area contributed by atoms with Crippen LogP contribution in [0.15, 0.2) is 30.7 Å². The topological polar surface area (TPSA) is 66.7 Å². The van der Waals surface area contributed by atoms with E-state index in [9.17, 15) is 5.11 Å². The monoisotopic (exact) mass is 371 g/mol. The van der Waals surface area contributed by atoms with E-state index in [1.165, 1.54) is 5.56 Å². The summed E-state index contributed by atoms with van der Waals surface area (Å²) in [6, 6.07) is 4.29. The molecule has 0 spiro atoms. The second-order valence-corrected chi connectivity index (χ2v) is 7.73. The Morgan fingerprint density at radius 1 is 1.11 bits per heavy atom. The van der Waals surface area contributed by atoms with Crippen molar-refractivity contribution in [2.45, 2.75) is 38.5 Å². The lowest BCUT2D eigenvalue weighted by atomic mass is 9.91. The van der Waals surface area contributed by atoms with Gasteiger partial charge in [0.25, 0.3) is 0 Å². The molecule has 4 rings (SSSR count). The smallest absolute Gasteiger partial charge is 0.128 e. The van der Waals surface area contributed by atoms with Crippen LogP contribution in [0.2, 0.25) is 0 Å². The van der Waals surface area contributed by atoms with Gasteiger partial charge in [-0.05, 0) is 31.4 Å². The zero-order valence-corrected chi connectivity index (χ0v) is 16.0. The molecule has 2 aromatic heterocycles. The fourth-order valence-corrected chi connectivity index (χ4v) is 3.92. The number of likely N-dealkylation sites (tertiary alicyclic amines) is 1. The molecule has 0 aromatic carbocycles. The van der Waals surface area contributed by atoms with Crippen molar-refractivity contribution in [1.29, 1.82) is 0 Å². The normalized spacial score (nSPS) is 20.7. The minimum absolute atomic E-state index is 0.627. The Morgan fingerprint density at radius 2 is 1.89 bits per heavy atom. The molecule has 1 N–H and O–H groups in total. The lowest BCUT2D eigenvalue weighted by Crippen LogP contribution is -2.46. The van der Waals surface area contributed by atoms with Crippen LogP contribution in [0.3, 0.4) is 0 Å². The van der Waals surface area contributed by atoms with E-state index in [1.807, 2.05) is 23.9 Å². The molecule has 4 heterocycles. The highest BCUT2D eigenvalue weighted by Gasteiger charge is 2.32. The van der Waals surface area contributed by atoms with Crippen LogP contribution in [0, 0.1) is 6.92 Å². The maximum atomic E-state index is 10.9. The predicted molar refractivity (Wildman–Crippen MR) is 104 cm³/mol. The van der Waals surface area contributed by atoms with Gasteiger partial charge in [0.05, 0.1) is 25.4 Å². The molecular formula is C20H29N5O2. The Morgan fingerprint density at radius 3 is 2.52 bits per heavy atom. The lowest BCUT2D eigenvalue weighted by Gasteiger charge is -2.38. The molecule has 0 radical (unpaired) electrons. The zero-order valence-electron chi connectivity index (χ0n) is 16.0. The van der Waals surface area contributed by atoms with E-state index >= 15 is 0 Å². The number of imidazole rings is 1. The minimum atomic E-state index is -0.638. The number of anilines is 1. The standard InChI is InChI=1S/C20H29N5O2/c1-17-21-6-9-25(17)16-20(26)4-7-23(8-5-20)15-18-2-3-19(22-14-18)24-10-12-27-13-11-24/h2-3,6,9,14,26H,4-5,7-8,10-13,15-16H2,1H3. The largest absolute Gasteiger partial charge is 0.388 e. The molecule has 0 unspecified atom stereocenters. The number of rotatable bonds is 5. The minimum Gasteiger partial charge on any atom is -0.388 e. The van der Waals surface area contributed by atoms with Gasteiger partial charge in [-0.15, -0.1) is 0 Å². The van der Waals surface area contributed by atoms with Gasteiger partial charge in [0, 0.05) is 51.3 Å². The number of nitrogens with zero attached hydrogens (tertiary/aromatic N) is 5.